The highest BCUT2D eigenvalue weighted by Gasteiger charge is 2.18. The third-order valence-electron chi connectivity index (χ3n) is 3.16. The number of thiophene rings is 1. The Bertz CT molecular complexity index is 566. The van der Waals surface area contributed by atoms with Crippen molar-refractivity contribution in [3.05, 3.63) is 58.0 Å². The van der Waals surface area contributed by atoms with Crippen LogP contribution in [0.4, 0.5) is 4.39 Å². The minimum atomic E-state index is -0.285. The Morgan fingerprint density at radius 1 is 1.33 bits per heavy atom. The van der Waals surface area contributed by atoms with E-state index >= 15 is 0 Å². The molecule has 5 heteroatoms. The molecular formula is C16H19FN2OS. The highest BCUT2D eigenvalue weighted by Crippen LogP contribution is 2.26. The van der Waals surface area contributed by atoms with Gasteiger partial charge in [0.1, 0.15) is 5.82 Å². The summed E-state index contributed by atoms with van der Waals surface area (Å²) in [6, 6.07) is 9.87. The van der Waals surface area contributed by atoms with E-state index < -0.39 is 0 Å². The molecule has 2 rings (SSSR count). The van der Waals surface area contributed by atoms with Crippen molar-refractivity contribution in [1.29, 1.82) is 0 Å². The van der Waals surface area contributed by atoms with E-state index in [4.69, 9.17) is 5.73 Å². The summed E-state index contributed by atoms with van der Waals surface area (Å²) < 4.78 is 13.1. The molecule has 0 spiro atoms. The molecular weight excluding hydrogens is 287 g/mol. The number of halogens is 1. The van der Waals surface area contributed by atoms with Crippen LogP contribution in [0.15, 0.2) is 41.8 Å². The summed E-state index contributed by atoms with van der Waals surface area (Å²) in [7, 11) is 0. The van der Waals surface area contributed by atoms with Gasteiger partial charge in [0, 0.05) is 17.3 Å². The van der Waals surface area contributed by atoms with Gasteiger partial charge >= 0.3 is 0 Å². The van der Waals surface area contributed by atoms with E-state index in [-0.39, 0.29) is 23.8 Å². The van der Waals surface area contributed by atoms with E-state index in [2.05, 4.69) is 5.32 Å². The van der Waals surface area contributed by atoms with Crippen molar-refractivity contribution >= 4 is 17.2 Å². The van der Waals surface area contributed by atoms with E-state index in [0.29, 0.717) is 12.8 Å². The highest BCUT2D eigenvalue weighted by atomic mass is 32.1. The van der Waals surface area contributed by atoms with Crippen molar-refractivity contribution in [3.8, 4) is 0 Å². The summed E-state index contributed by atoms with van der Waals surface area (Å²) in [4.78, 5) is 13.1. The van der Waals surface area contributed by atoms with Gasteiger partial charge in [0.25, 0.3) is 0 Å². The van der Waals surface area contributed by atoms with E-state index in [1.807, 2.05) is 24.4 Å². The maximum Gasteiger partial charge on any atom is 0.220 e. The summed E-state index contributed by atoms with van der Waals surface area (Å²) >= 11 is 1.56. The Morgan fingerprint density at radius 2 is 2.05 bits per heavy atom. The monoisotopic (exact) mass is 306 g/mol. The van der Waals surface area contributed by atoms with Crippen LogP contribution in [0.25, 0.3) is 0 Å². The summed E-state index contributed by atoms with van der Waals surface area (Å²) in [6.07, 6.45) is 1.03. The van der Waals surface area contributed by atoms with Crippen molar-refractivity contribution in [2.75, 3.05) is 0 Å². The van der Waals surface area contributed by atoms with Crippen LogP contribution in [-0.4, -0.2) is 11.9 Å². The summed E-state index contributed by atoms with van der Waals surface area (Å²) in [6.45, 7) is 1.88. The highest BCUT2D eigenvalue weighted by molar-refractivity contribution is 7.10. The third-order valence-corrected chi connectivity index (χ3v) is 4.10. The van der Waals surface area contributed by atoms with Gasteiger partial charge in [-0.15, -0.1) is 11.3 Å². The maximum absolute atomic E-state index is 13.1. The SMILES string of the molecule is CC(N)CCC(=O)NC(c1ccc(F)cc1)c1cccs1. The van der Waals surface area contributed by atoms with E-state index in [9.17, 15) is 9.18 Å². The molecule has 1 amide bonds. The molecule has 0 saturated heterocycles. The molecule has 112 valence electrons. The lowest BCUT2D eigenvalue weighted by Gasteiger charge is -2.18. The zero-order valence-corrected chi connectivity index (χ0v) is 12.7. The first-order valence-corrected chi connectivity index (χ1v) is 7.78. The van der Waals surface area contributed by atoms with Crippen molar-refractivity contribution in [2.24, 2.45) is 5.73 Å². The standard InChI is InChI=1S/C16H19FN2OS/c1-11(18)4-9-15(20)19-16(14-3-2-10-21-14)12-5-7-13(17)8-6-12/h2-3,5-8,10-11,16H,4,9,18H2,1H3,(H,19,20). The van der Waals surface area contributed by atoms with E-state index in [0.717, 1.165) is 10.4 Å². The number of carbonyl (C=O) groups excluding carboxylic acids is 1. The van der Waals surface area contributed by atoms with Gasteiger partial charge in [0.05, 0.1) is 6.04 Å². The molecule has 0 aliphatic rings. The molecule has 0 saturated carbocycles. The van der Waals surface area contributed by atoms with Crippen LogP contribution < -0.4 is 11.1 Å². The molecule has 1 aromatic heterocycles. The van der Waals surface area contributed by atoms with E-state index in [1.165, 1.54) is 12.1 Å². The molecule has 0 fully saturated rings. The minimum Gasteiger partial charge on any atom is -0.344 e. The fourth-order valence-electron chi connectivity index (χ4n) is 2.02. The number of nitrogens with one attached hydrogen (secondary N) is 1. The molecule has 1 heterocycles. The van der Waals surface area contributed by atoms with Crippen LogP contribution in [0.1, 0.15) is 36.2 Å². The molecule has 1 aromatic carbocycles. The quantitative estimate of drug-likeness (QED) is 0.861. The maximum atomic E-state index is 13.1. The lowest BCUT2D eigenvalue weighted by Crippen LogP contribution is -2.30. The second kappa shape index (κ2) is 7.33. The Balaban J connectivity index is 2.14. The number of hydrogen-bond acceptors (Lipinski definition) is 3. The fraction of sp³-hybridized carbons (Fsp3) is 0.312. The van der Waals surface area contributed by atoms with Crippen LogP contribution in [0.3, 0.4) is 0 Å². The Hall–Kier alpha value is -1.72. The van der Waals surface area contributed by atoms with Gasteiger partial charge in [0.2, 0.25) is 5.91 Å². The number of rotatable bonds is 6. The largest absolute Gasteiger partial charge is 0.344 e. The van der Waals surface area contributed by atoms with Crippen molar-refractivity contribution in [3.63, 3.8) is 0 Å². The zero-order valence-electron chi connectivity index (χ0n) is 11.9. The van der Waals surface area contributed by atoms with Gasteiger partial charge in [0.15, 0.2) is 0 Å². The second-order valence-electron chi connectivity index (χ2n) is 5.08. The summed E-state index contributed by atoms with van der Waals surface area (Å²) in [5, 5.41) is 4.96. The van der Waals surface area contributed by atoms with Gasteiger partial charge in [-0.2, -0.15) is 0 Å². The third kappa shape index (κ3) is 4.65. The van der Waals surface area contributed by atoms with Crippen LogP contribution >= 0.6 is 11.3 Å². The lowest BCUT2D eigenvalue weighted by atomic mass is 10.0. The number of hydrogen-bond donors (Lipinski definition) is 2. The van der Waals surface area contributed by atoms with Crippen molar-refractivity contribution in [2.45, 2.75) is 31.8 Å². The zero-order chi connectivity index (χ0) is 15.2. The molecule has 0 radical (unpaired) electrons. The predicted molar refractivity (Wildman–Crippen MR) is 83.6 cm³/mol. The van der Waals surface area contributed by atoms with Gasteiger partial charge in [-0.3, -0.25) is 4.79 Å². The molecule has 3 N–H and O–H groups in total. The molecule has 0 aliphatic heterocycles. The molecule has 0 bridgehead atoms. The fourth-order valence-corrected chi connectivity index (χ4v) is 2.82. The van der Waals surface area contributed by atoms with Crippen LogP contribution in [-0.2, 0) is 4.79 Å². The Morgan fingerprint density at radius 3 is 2.62 bits per heavy atom. The predicted octanol–water partition coefficient (Wildman–Crippen LogP) is 3.22. The number of carbonyl (C=O) groups is 1. The van der Waals surface area contributed by atoms with Crippen molar-refractivity contribution < 1.29 is 9.18 Å². The molecule has 2 aromatic rings. The lowest BCUT2D eigenvalue weighted by molar-refractivity contribution is -0.121. The van der Waals surface area contributed by atoms with Crippen LogP contribution in [0.5, 0.6) is 0 Å². The minimum absolute atomic E-state index is 0.00163. The normalized spacial score (nSPS) is 13.7. The first kappa shape index (κ1) is 15.7. The number of nitrogens with two attached hydrogens (primary N) is 1. The first-order valence-electron chi connectivity index (χ1n) is 6.90. The summed E-state index contributed by atoms with van der Waals surface area (Å²) in [5.41, 5.74) is 6.54. The average Bonchev–Trinajstić information content (AvgIpc) is 2.97. The van der Waals surface area contributed by atoms with Crippen molar-refractivity contribution in [1.82, 2.24) is 5.32 Å². The smallest absolute Gasteiger partial charge is 0.220 e. The second-order valence-corrected chi connectivity index (χ2v) is 6.06. The van der Waals surface area contributed by atoms with Crippen LogP contribution in [0, 0.1) is 5.82 Å². The molecule has 0 aliphatic carbocycles. The van der Waals surface area contributed by atoms with Gasteiger partial charge in [-0.1, -0.05) is 18.2 Å². The topological polar surface area (TPSA) is 55.1 Å². The average molecular weight is 306 g/mol. The first-order chi connectivity index (χ1) is 10.1. The number of amides is 1. The summed E-state index contributed by atoms with van der Waals surface area (Å²) in [5.74, 6) is -0.331. The van der Waals surface area contributed by atoms with Gasteiger partial charge in [-0.05, 0) is 42.5 Å². The van der Waals surface area contributed by atoms with Gasteiger partial charge < -0.3 is 11.1 Å². The Kier molecular flexibility index (Phi) is 5.47. The Labute approximate surface area is 128 Å². The molecule has 2 atom stereocenters. The molecule has 21 heavy (non-hydrogen) atoms. The molecule has 3 nitrogen and oxygen atoms in total. The molecule has 2 unspecified atom stereocenters. The number of benzene rings is 1. The van der Waals surface area contributed by atoms with Gasteiger partial charge in [-0.25, -0.2) is 4.39 Å². The van der Waals surface area contributed by atoms with Crippen LogP contribution in [0.2, 0.25) is 0 Å². The van der Waals surface area contributed by atoms with E-state index in [1.54, 1.807) is 23.5 Å².